The molecule has 7 heteroatoms. The summed E-state index contributed by atoms with van der Waals surface area (Å²) >= 11 is 0. The van der Waals surface area contributed by atoms with E-state index in [2.05, 4.69) is 15.1 Å². The van der Waals surface area contributed by atoms with Gasteiger partial charge in [0.2, 0.25) is 0 Å². The maximum Gasteiger partial charge on any atom is 0.276 e. The standard InChI is InChI=1S/C17H17FN4O2/c1-23-14-8-10-4-5-12(20-13(10)9-11(14)18)15-21-16(22-24-15)17(19)6-2-3-7-17/h4-5,8-9H,2-3,6-7,19H2,1H3. The summed E-state index contributed by atoms with van der Waals surface area (Å²) in [5, 5.41) is 4.79. The summed E-state index contributed by atoms with van der Waals surface area (Å²) in [5.41, 5.74) is 6.82. The minimum Gasteiger partial charge on any atom is -0.494 e. The highest BCUT2D eigenvalue weighted by Crippen LogP contribution is 2.35. The van der Waals surface area contributed by atoms with Crippen LogP contribution < -0.4 is 10.5 Å². The summed E-state index contributed by atoms with van der Waals surface area (Å²) in [5.74, 6) is 0.522. The lowest BCUT2D eigenvalue weighted by atomic mass is 9.99. The molecule has 0 bridgehead atoms. The van der Waals surface area contributed by atoms with E-state index in [0.29, 0.717) is 22.9 Å². The van der Waals surface area contributed by atoms with Crippen LogP contribution in [0, 0.1) is 5.82 Å². The van der Waals surface area contributed by atoms with Crippen molar-refractivity contribution < 1.29 is 13.7 Å². The van der Waals surface area contributed by atoms with Gasteiger partial charge in [0.15, 0.2) is 17.4 Å². The predicted octanol–water partition coefficient (Wildman–Crippen LogP) is 3.16. The van der Waals surface area contributed by atoms with Gasteiger partial charge in [0.25, 0.3) is 5.89 Å². The molecule has 3 aromatic rings. The zero-order chi connectivity index (χ0) is 16.7. The third-order valence-corrected chi connectivity index (χ3v) is 4.55. The number of rotatable bonds is 3. The third-order valence-electron chi connectivity index (χ3n) is 4.55. The second kappa shape index (κ2) is 5.52. The molecule has 2 heterocycles. The molecule has 0 unspecified atom stereocenters. The van der Waals surface area contributed by atoms with Crippen molar-refractivity contribution in [1.82, 2.24) is 15.1 Å². The summed E-state index contributed by atoms with van der Waals surface area (Å²) in [4.78, 5) is 8.83. The fourth-order valence-corrected chi connectivity index (χ4v) is 3.16. The highest BCUT2D eigenvalue weighted by Gasteiger charge is 2.36. The van der Waals surface area contributed by atoms with Gasteiger partial charge in [0.1, 0.15) is 5.69 Å². The fraction of sp³-hybridized carbons (Fsp3) is 0.353. The zero-order valence-corrected chi connectivity index (χ0v) is 13.3. The Kier molecular flexibility index (Phi) is 3.45. The fourth-order valence-electron chi connectivity index (χ4n) is 3.16. The van der Waals surface area contributed by atoms with E-state index in [1.807, 2.05) is 6.07 Å². The smallest absolute Gasteiger partial charge is 0.276 e. The predicted molar refractivity (Wildman–Crippen MR) is 85.9 cm³/mol. The van der Waals surface area contributed by atoms with Crippen molar-refractivity contribution in [2.45, 2.75) is 31.2 Å². The highest BCUT2D eigenvalue weighted by molar-refractivity contribution is 5.82. The van der Waals surface area contributed by atoms with Gasteiger partial charge >= 0.3 is 0 Å². The summed E-state index contributed by atoms with van der Waals surface area (Å²) in [7, 11) is 1.43. The van der Waals surface area contributed by atoms with Gasteiger partial charge in [0, 0.05) is 11.5 Å². The quantitative estimate of drug-likeness (QED) is 0.794. The molecule has 0 aliphatic heterocycles. The van der Waals surface area contributed by atoms with Gasteiger partial charge in [-0.2, -0.15) is 4.98 Å². The lowest BCUT2D eigenvalue weighted by Gasteiger charge is -2.17. The number of methoxy groups -OCH3 is 1. The first-order chi connectivity index (χ1) is 11.6. The van der Waals surface area contributed by atoms with E-state index >= 15 is 0 Å². The summed E-state index contributed by atoms with van der Waals surface area (Å²) < 4.78 is 24.2. The Morgan fingerprint density at radius 2 is 2.00 bits per heavy atom. The van der Waals surface area contributed by atoms with Gasteiger partial charge < -0.3 is 15.0 Å². The average molecular weight is 328 g/mol. The Balaban J connectivity index is 1.73. The molecule has 124 valence electrons. The number of hydrogen-bond acceptors (Lipinski definition) is 6. The molecule has 1 aliphatic rings. The van der Waals surface area contributed by atoms with Crippen molar-refractivity contribution in [3.05, 3.63) is 35.9 Å². The van der Waals surface area contributed by atoms with Gasteiger partial charge in [-0.1, -0.05) is 24.1 Å². The van der Waals surface area contributed by atoms with Crippen molar-refractivity contribution in [3.8, 4) is 17.3 Å². The molecule has 2 aromatic heterocycles. The molecule has 2 N–H and O–H groups in total. The molecule has 0 saturated heterocycles. The maximum atomic E-state index is 13.9. The van der Waals surface area contributed by atoms with Crippen molar-refractivity contribution in [3.63, 3.8) is 0 Å². The monoisotopic (exact) mass is 328 g/mol. The van der Waals surface area contributed by atoms with Gasteiger partial charge in [-0.25, -0.2) is 9.37 Å². The number of nitrogens with two attached hydrogens (primary N) is 1. The molecule has 0 atom stereocenters. The number of fused-ring (bicyclic) bond motifs is 1. The van der Waals surface area contributed by atoms with Crippen LogP contribution in [0.2, 0.25) is 0 Å². The van der Waals surface area contributed by atoms with E-state index in [1.165, 1.54) is 13.2 Å². The van der Waals surface area contributed by atoms with Crippen molar-refractivity contribution >= 4 is 10.9 Å². The normalized spacial score (nSPS) is 16.6. The topological polar surface area (TPSA) is 87.1 Å². The van der Waals surface area contributed by atoms with Crippen LogP contribution in [0.25, 0.3) is 22.5 Å². The van der Waals surface area contributed by atoms with Crippen LogP contribution in [0.4, 0.5) is 4.39 Å². The van der Waals surface area contributed by atoms with Crippen LogP contribution in [-0.2, 0) is 5.54 Å². The van der Waals surface area contributed by atoms with E-state index in [-0.39, 0.29) is 5.75 Å². The lowest BCUT2D eigenvalue weighted by molar-refractivity contribution is 0.372. The summed E-state index contributed by atoms with van der Waals surface area (Å²) in [6.07, 6.45) is 3.83. The number of ether oxygens (including phenoxy) is 1. The molecule has 4 rings (SSSR count). The minimum atomic E-state index is -0.516. The van der Waals surface area contributed by atoms with E-state index in [0.717, 1.165) is 31.1 Å². The van der Waals surface area contributed by atoms with E-state index < -0.39 is 11.4 Å². The van der Waals surface area contributed by atoms with Crippen LogP contribution >= 0.6 is 0 Å². The van der Waals surface area contributed by atoms with E-state index in [4.69, 9.17) is 15.0 Å². The van der Waals surface area contributed by atoms with Gasteiger partial charge in [-0.3, -0.25) is 0 Å². The molecule has 1 aromatic carbocycles. The molecule has 24 heavy (non-hydrogen) atoms. The first-order valence-electron chi connectivity index (χ1n) is 7.87. The number of nitrogens with zero attached hydrogens (tertiary/aromatic N) is 3. The number of benzene rings is 1. The van der Waals surface area contributed by atoms with Crippen LogP contribution in [-0.4, -0.2) is 22.2 Å². The number of aromatic nitrogens is 3. The zero-order valence-electron chi connectivity index (χ0n) is 13.3. The number of halogens is 1. The molecule has 6 nitrogen and oxygen atoms in total. The van der Waals surface area contributed by atoms with E-state index in [9.17, 15) is 4.39 Å². The second-order valence-electron chi connectivity index (χ2n) is 6.16. The van der Waals surface area contributed by atoms with Gasteiger partial charge in [-0.05, 0) is 25.0 Å². The van der Waals surface area contributed by atoms with Crippen LogP contribution in [0.3, 0.4) is 0 Å². The van der Waals surface area contributed by atoms with Gasteiger partial charge in [-0.15, -0.1) is 0 Å². The Hall–Kier alpha value is -2.54. The van der Waals surface area contributed by atoms with Crippen LogP contribution in [0.15, 0.2) is 28.8 Å². The van der Waals surface area contributed by atoms with E-state index in [1.54, 1.807) is 12.1 Å². The van der Waals surface area contributed by atoms with Crippen molar-refractivity contribution in [1.29, 1.82) is 0 Å². The van der Waals surface area contributed by atoms with Crippen LogP contribution in [0.5, 0.6) is 5.75 Å². The SMILES string of the molecule is COc1cc2ccc(-c3nc(C4(N)CCCC4)no3)nc2cc1F. The Labute approximate surface area is 137 Å². The molecule has 1 fully saturated rings. The molecule has 1 aliphatic carbocycles. The first-order valence-corrected chi connectivity index (χ1v) is 7.87. The Morgan fingerprint density at radius 1 is 1.21 bits per heavy atom. The average Bonchev–Trinajstić information content (AvgIpc) is 3.23. The first kappa shape index (κ1) is 15.0. The van der Waals surface area contributed by atoms with Crippen LogP contribution in [0.1, 0.15) is 31.5 Å². The highest BCUT2D eigenvalue weighted by atomic mass is 19.1. The molecular formula is C17H17FN4O2. The maximum absolute atomic E-state index is 13.9. The molecule has 0 radical (unpaired) electrons. The molecule has 0 spiro atoms. The largest absolute Gasteiger partial charge is 0.494 e. The molecule has 1 saturated carbocycles. The number of pyridine rings is 1. The van der Waals surface area contributed by atoms with Crippen molar-refractivity contribution in [2.24, 2.45) is 5.73 Å². The Morgan fingerprint density at radius 3 is 2.75 bits per heavy atom. The second-order valence-corrected chi connectivity index (χ2v) is 6.16. The molecular weight excluding hydrogens is 311 g/mol. The lowest BCUT2D eigenvalue weighted by Crippen LogP contribution is -2.34. The van der Waals surface area contributed by atoms with Crippen molar-refractivity contribution in [2.75, 3.05) is 7.11 Å². The van der Waals surface area contributed by atoms with Gasteiger partial charge in [0.05, 0.1) is 18.2 Å². The molecule has 0 amide bonds. The summed E-state index contributed by atoms with van der Waals surface area (Å²) in [6.45, 7) is 0. The third kappa shape index (κ3) is 2.41. The summed E-state index contributed by atoms with van der Waals surface area (Å²) in [6, 6.07) is 6.51. The minimum absolute atomic E-state index is 0.184. The number of hydrogen-bond donors (Lipinski definition) is 1. The Bertz CT molecular complexity index is 903.